The second-order valence-electron chi connectivity index (χ2n) is 8.16. The number of aromatic nitrogens is 4. The van der Waals surface area contributed by atoms with Crippen LogP contribution in [0.15, 0.2) is 23.4 Å². The van der Waals surface area contributed by atoms with Gasteiger partial charge in [0.15, 0.2) is 0 Å². The number of anilines is 1. The van der Waals surface area contributed by atoms with E-state index in [0.29, 0.717) is 23.8 Å². The molecule has 2 aromatic heterocycles. The monoisotopic (exact) mass is 438 g/mol. The summed E-state index contributed by atoms with van der Waals surface area (Å²) in [5, 5.41) is 5.22. The van der Waals surface area contributed by atoms with Gasteiger partial charge in [0.1, 0.15) is 0 Å². The molecule has 0 aliphatic carbocycles. The molecule has 0 bridgehead atoms. The Kier molecular flexibility index (Phi) is 6.18. The summed E-state index contributed by atoms with van der Waals surface area (Å²) in [5.74, 6) is 0.833. The summed E-state index contributed by atoms with van der Waals surface area (Å²) in [7, 11) is 0. The molecule has 0 atom stereocenters. The first kappa shape index (κ1) is 21.6. The molecule has 164 valence electrons. The van der Waals surface area contributed by atoms with E-state index in [2.05, 4.69) is 52.0 Å². The normalized spacial score (nSPS) is 14.5. The largest absolute Gasteiger partial charge is 0.368 e. The van der Waals surface area contributed by atoms with Gasteiger partial charge in [-0.2, -0.15) is 4.98 Å². The topological polar surface area (TPSA) is 66.6 Å². The first-order chi connectivity index (χ1) is 14.9. The Bertz CT molecular complexity index is 1120. The van der Waals surface area contributed by atoms with E-state index in [4.69, 9.17) is 0 Å². The molecule has 0 unspecified atom stereocenters. The zero-order valence-electron chi connectivity index (χ0n) is 19.0. The van der Waals surface area contributed by atoms with Crippen LogP contribution in [0.3, 0.4) is 0 Å². The van der Waals surface area contributed by atoms with Crippen molar-refractivity contribution in [3.8, 4) is 0 Å². The van der Waals surface area contributed by atoms with Crippen LogP contribution in [-0.4, -0.2) is 62.8 Å². The first-order valence-electron chi connectivity index (χ1n) is 10.7. The maximum atomic E-state index is 12.9. The molecule has 1 aliphatic heterocycles. The number of hydrogen-bond donors (Lipinski definition) is 0. The average molecular weight is 439 g/mol. The number of aryl methyl sites for hydroxylation is 3. The van der Waals surface area contributed by atoms with Crippen LogP contribution in [-0.2, 0) is 11.2 Å². The van der Waals surface area contributed by atoms with Crippen molar-refractivity contribution in [1.29, 1.82) is 0 Å². The number of nitrogens with zero attached hydrogens (tertiary/aromatic N) is 6. The van der Waals surface area contributed by atoms with Gasteiger partial charge in [-0.05, 0) is 63.1 Å². The van der Waals surface area contributed by atoms with Gasteiger partial charge >= 0.3 is 0 Å². The molecular weight excluding hydrogens is 408 g/mol. The Labute approximate surface area is 187 Å². The molecule has 0 saturated carbocycles. The van der Waals surface area contributed by atoms with Crippen molar-refractivity contribution in [1.82, 2.24) is 24.5 Å². The van der Waals surface area contributed by atoms with Crippen LogP contribution in [0.2, 0.25) is 0 Å². The molecular formula is C23H30N6OS. The molecule has 1 saturated heterocycles. The Morgan fingerprint density at radius 1 is 1.06 bits per heavy atom. The van der Waals surface area contributed by atoms with Crippen molar-refractivity contribution in [2.45, 2.75) is 45.7 Å². The number of carbonyl (C=O) groups excluding carboxylic acids is 1. The average Bonchev–Trinajstić information content (AvgIpc) is 3.19. The molecule has 4 rings (SSSR count). The number of rotatable bonds is 5. The van der Waals surface area contributed by atoms with Gasteiger partial charge in [-0.3, -0.25) is 4.79 Å². The van der Waals surface area contributed by atoms with E-state index < -0.39 is 0 Å². The third kappa shape index (κ3) is 4.26. The molecule has 0 N–H and O–H groups in total. The summed E-state index contributed by atoms with van der Waals surface area (Å²) in [4.78, 5) is 26.3. The van der Waals surface area contributed by atoms with Gasteiger partial charge in [0, 0.05) is 49.7 Å². The van der Waals surface area contributed by atoms with Crippen molar-refractivity contribution >= 4 is 29.1 Å². The molecule has 1 fully saturated rings. The van der Waals surface area contributed by atoms with Crippen LogP contribution >= 0.6 is 11.8 Å². The molecule has 8 heteroatoms. The van der Waals surface area contributed by atoms with E-state index in [0.717, 1.165) is 43.1 Å². The lowest BCUT2D eigenvalue weighted by atomic mass is 10.1. The molecule has 3 aromatic rings. The lowest BCUT2D eigenvalue weighted by Crippen LogP contribution is -2.49. The highest BCUT2D eigenvalue weighted by Crippen LogP contribution is 2.24. The summed E-state index contributed by atoms with van der Waals surface area (Å²) in [6, 6.07) is 6.44. The number of benzene rings is 1. The molecule has 1 aromatic carbocycles. The highest BCUT2D eigenvalue weighted by Gasteiger charge is 2.23. The Balaban J connectivity index is 1.39. The van der Waals surface area contributed by atoms with Crippen molar-refractivity contribution in [2.24, 2.45) is 0 Å². The van der Waals surface area contributed by atoms with E-state index in [1.165, 1.54) is 28.6 Å². The van der Waals surface area contributed by atoms with Crippen molar-refractivity contribution in [3.63, 3.8) is 0 Å². The molecule has 3 heterocycles. The Hall–Kier alpha value is -2.61. The van der Waals surface area contributed by atoms with Gasteiger partial charge in [-0.15, -0.1) is 5.10 Å². The van der Waals surface area contributed by atoms with E-state index in [9.17, 15) is 4.79 Å². The Morgan fingerprint density at radius 2 is 1.81 bits per heavy atom. The van der Waals surface area contributed by atoms with Gasteiger partial charge in [0.05, 0.1) is 0 Å². The predicted octanol–water partition coefficient (Wildman–Crippen LogP) is 3.36. The molecule has 0 radical (unpaired) electrons. The fourth-order valence-electron chi connectivity index (χ4n) is 4.30. The minimum Gasteiger partial charge on any atom is -0.368 e. The van der Waals surface area contributed by atoms with Crippen molar-refractivity contribution < 1.29 is 4.79 Å². The summed E-state index contributed by atoms with van der Waals surface area (Å²) in [6.45, 7) is 11.6. The first-order valence-corrected chi connectivity index (χ1v) is 12.0. The van der Waals surface area contributed by atoms with Crippen LogP contribution in [0.1, 0.15) is 34.5 Å². The zero-order chi connectivity index (χ0) is 22.1. The number of amides is 1. The predicted molar refractivity (Wildman–Crippen MR) is 125 cm³/mol. The summed E-state index contributed by atoms with van der Waals surface area (Å²) < 4.78 is 1.79. The number of carbonyl (C=O) groups is 1. The fourth-order valence-corrected chi connectivity index (χ4v) is 4.64. The van der Waals surface area contributed by atoms with E-state index in [1.807, 2.05) is 25.0 Å². The highest BCUT2D eigenvalue weighted by atomic mass is 32.2. The Morgan fingerprint density at radius 3 is 2.52 bits per heavy atom. The third-order valence-corrected chi connectivity index (χ3v) is 6.89. The lowest BCUT2D eigenvalue weighted by Gasteiger charge is -2.37. The van der Waals surface area contributed by atoms with E-state index in [-0.39, 0.29) is 5.91 Å². The number of thioether (sulfide) groups is 1. The van der Waals surface area contributed by atoms with E-state index >= 15 is 0 Å². The van der Waals surface area contributed by atoms with Crippen molar-refractivity contribution in [2.75, 3.05) is 37.3 Å². The SMILES string of the molecule is CSc1nc2nc(C)c(CCC(=O)N3CCN(c4cccc(C)c4C)CC3)c(C)n2n1. The third-order valence-electron chi connectivity index (χ3n) is 6.35. The standard InChI is InChI=1S/C23H30N6OS/c1-15-7-6-8-20(16(15)2)27-11-13-28(14-12-27)21(30)10-9-19-17(3)24-22-25-23(31-5)26-29(22)18(19)4/h6-8H,9-14H2,1-5H3. The maximum Gasteiger partial charge on any atom is 0.253 e. The van der Waals surface area contributed by atoms with Crippen LogP contribution < -0.4 is 4.90 Å². The number of hydrogen-bond acceptors (Lipinski definition) is 6. The minimum atomic E-state index is 0.211. The minimum absolute atomic E-state index is 0.211. The fraction of sp³-hybridized carbons (Fsp3) is 0.478. The van der Waals surface area contributed by atoms with Crippen LogP contribution in [0.5, 0.6) is 0 Å². The quantitative estimate of drug-likeness (QED) is 0.569. The van der Waals surface area contributed by atoms with E-state index in [1.54, 1.807) is 4.52 Å². The van der Waals surface area contributed by atoms with Gasteiger partial charge in [-0.25, -0.2) is 9.50 Å². The lowest BCUT2D eigenvalue weighted by molar-refractivity contribution is -0.131. The molecule has 7 nitrogen and oxygen atoms in total. The van der Waals surface area contributed by atoms with Gasteiger partial charge in [0.25, 0.3) is 5.78 Å². The molecule has 1 aliphatic rings. The van der Waals surface area contributed by atoms with Gasteiger partial charge in [0.2, 0.25) is 11.1 Å². The molecule has 31 heavy (non-hydrogen) atoms. The second-order valence-corrected chi connectivity index (χ2v) is 8.93. The summed E-state index contributed by atoms with van der Waals surface area (Å²) >= 11 is 1.50. The summed E-state index contributed by atoms with van der Waals surface area (Å²) in [6.07, 6.45) is 3.12. The number of piperazine rings is 1. The van der Waals surface area contributed by atoms with Crippen LogP contribution in [0, 0.1) is 27.7 Å². The zero-order valence-corrected chi connectivity index (χ0v) is 19.8. The van der Waals surface area contributed by atoms with Gasteiger partial charge in [-0.1, -0.05) is 23.9 Å². The molecule has 1 amide bonds. The smallest absolute Gasteiger partial charge is 0.253 e. The van der Waals surface area contributed by atoms with Crippen LogP contribution in [0.25, 0.3) is 5.78 Å². The van der Waals surface area contributed by atoms with Crippen molar-refractivity contribution in [3.05, 3.63) is 46.3 Å². The maximum absolute atomic E-state index is 12.9. The van der Waals surface area contributed by atoms with Crippen LogP contribution in [0.4, 0.5) is 5.69 Å². The molecule has 0 spiro atoms. The highest BCUT2D eigenvalue weighted by molar-refractivity contribution is 7.98. The number of fused-ring (bicyclic) bond motifs is 1. The summed E-state index contributed by atoms with van der Waals surface area (Å²) in [5.41, 5.74) is 6.96. The van der Waals surface area contributed by atoms with Gasteiger partial charge < -0.3 is 9.80 Å². The second kappa shape index (κ2) is 8.86.